The molecule has 0 heterocycles. The number of esters is 1. The first-order chi connectivity index (χ1) is 14.8. The molecule has 0 atom stereocenters. The maximum absolute atomic E-state index is 12.3. The van der Waals surface area contributed by atoms with E-state index in [4.69, 9.17) is 0 Å². The number of carbonyl (C=O) groups is 3. The molecule has 0 fully saturated rings. The topological polar surface area (TPSA) is 177 Å². The van der Waals surface area contributed by atoms with E-state index in [0.29, 0.717) is 12.5 Å². The monoisotopic (exact) mass is 473 g/mol. The van der Waals surface area contributed by atoms with E-state index in [1.807, 2.05) is 23.9 Å². The highest BCUT2D eigenvalue weighted by Crippen LogP contribution is 2.29. The van der Waals surface area contributed by atoms with Crippen LogP contribution in [-0.4, -0.2) is 65.0 Å². The molecule has 0 aliphatic carbocycles. The summed E-state index contributed by atoms with van der Waals surface area (Å²) in [5.41, 5.74) is -0.226. The molecule has 32 heavy (non-hydrogen) atoms. The van der Waals surface area contributed by atoms with Gasteiger partial charge < -0.3 is 15.0 Å². The molecule has 0 spiro atoms. The van der Waals surface area contributed by atoms with E-state index in [0.717, 1.165) is 18.6 Å². The number of ether oxygens (including phenoxy) is 1. The minimum absolute atomic E-state index is 0.201. The summed E-state index contributed by atoms with van der Waals surface area (Å²) in [5, 5.41) is 15.6. The van der Waals surface area contributed by atoms with Gasteiger partial charge in [-0.1, -0.05) is 13.8 Å². The molecule has 1 aromatic rings. The SMILES string of the molecule is CC(C)CCNC(=O)NC(=O)COC(=O)CNS(=O)(=O)c1ccc(N(C)C)c([N+](=O)[O-])c1. The van der Waals surface area contributed by atoms with Gasteiger partial charge in [0.05, 0.1) is 9.82 Å². The van der Waals surface area contributed by atoms with Crippen molar-refractivity contribution in [2.24, 2.45) is 5.92 Å². The number of anilines is 1. The van der Waals surface area contributed by atoms with Crippen molar-refractivity contribution in [1.82, 2.24) is 15.4 Å². The number of benzene rings is 1. The zero-order valence-electron chi connectivity index (χ0n) is 18.2. The number of urea groups is 1. The Hall–Kier alpha value is -3.26. The van der Waals surface area contributed by atoms with Crippen LogP contribution in [0.2, 0.25) is 0 Å². The highest BCUT2D eigenvalue weighted by molar-refractivity contribution is 7.89. The molecule has 0 aliphatic rings. The summed E-state index contributed by atoms with van der Waals surface area (Å²) < 4.78 is 31.2. The Morgan fingerprint density at radius 2 is 1.88 bits per heavy atom. The van der Waals surface area contributed by atoms with E-state index in [1.165, 1.54) is 11.0 Å². The van der Waals surface area contributed by atoms with Crippen LogP contribution in [0.25, 0.3) is 0 Å². The first-order valence-corrected chi connectivity index (χ1v) is 11.0. The van der Waals surface area contributed by atoms with Gasteiger partial charge in [-0.25, -0.2) is 13.2 Å². The van der Waals surface area contributed by atoms with Crippen LogP contribution in [0.5, 0.6) is 0 Å². The summed E-state index contributed by atoms with van der Waals surface area (Å²) in [5.74, 6) is -1.60. The fourth-order valence-electron chi connectivity index (χ4n) is 2.31. The number of nitro groups is 1. The zero-order valence-corrected chi connectivity index (χ0v) is 19.0. The van der Waals surface area contributed by atoms with Gasteiger partial charge in [0.2, 0.25) is 10.0 Å². The van der Waals surface area contributed by atoms with Crippen LogP contribution in [0, 0.1) is 16.0 Å². The van der Waals surface area contributed by atoms with Gasteiger partial charge in [0.25, 0.3) is 11.6 Å². The number of hydrogen-bond donors (Lipinski definition) is 3. The summed E-state index contributed by atoms with van der Waals surface area (Å²) >= 11 is 0. The smallest absolute Gasteiger partial charge is 0.321 e. The Morgan fingerprint density at radius 3 is 2.44 bits per heavy atom. The molecule has 0 radical (unpaired) electrons. The van der Waals surface area contributed by atoms with E-state index in [9.17, 15) is 32.9 Å². The van der Waals surface area contributed by atoms with E-state index in [1.54, 1.807) is 14.1 Å². The molecule has 1 aromatic carbocycles. The van der Waals surface area contributed by atoms with Crippen molar-refractivity contribution < 1.29 is 32.5 Å². The van der Waals surface area contributed by atoms with Crippen molar-refractivity contribution in [3.8, 4) is 0 Å². The van der Waals surface area contributed by atoms with Gasteiger partial charge >= 0.3 is 12.0 Å². The molecule has 0 aromatic heterocycles. The first-order valence-electron chi connectivity index (χ1n) is 9.52. The summed E-state index contributed by atoms with van der Waals surface area (Å²) in [6.07, 6.45) is 0.720. The van der Waals surface area contributed by atoms with E-state index < -0.39 is 56.6 Å². The molecule has 0 saturated heterocycles. The summed E-state index contributed by atoms with van der Waals surface area (Å²) in [6, 6.07) is 2.55. The van der Waals surface area contributed by atoms with E-state index >= 15 is 0 Å². The Kier molecular flexibility index (Phi) is 10.00. The maximum atomic E-state index is 12.3. The van der Waals surface area contributed by atoms with Crippen LogP contribution in [0.4, 0.5) is 16.2 Å². The lowest BCUT2D eigenvalue weighted by Crippen LogP contribution is -2.42. The van der Waals surface area contributed by atoms with Crippen molar-refractivity contribution in [3.05, 3.63) is 28.3 Å². The lowest BCUT2D eigenvalue weighted by atomic mass is 10.1. The second-order valence-electron chi connectivity index (χ2n) is 7.27. The lowest BCUT2D eigenvalue weighted by Gasteiger charge is -2.13. The second-order valence-corrected chi connectivity index (χ2v) is 9.04. The van der Waals surface area contributed by atoms with Gasteiger partial charge in [-0.3, -0.25) is 25.0 Å². The average molecular weight is 474 g/mol. The fraction of sp³-hybridized carbons (Fsp3) is 0.500. The quantitative estimate of drug-likeness (QED) is 0.232. The predicted octanol–water partition coefficient (Wildman–Crippen LogP) is 0.354. The third-order valence-electron chi connectivity index (χ3n) is 3.97. The second kappa shape index (κ2) is 12.0. The number of carbonyl (C=O) groups excluding carboxylic acids is 3. The molecular formula is C18H27N5O8S. The maximum Gasteiger partial charge on any atom is 0.321 e. The number of imide groups is 1. The van der Waals surface area contributed by atoms with E-state index in [2.05, 4.69) is 10.1 Å². The Bertz CT molecular complexity index is 962. The third kappa shape index (κ3) is 8.85. The van der Waals surface area contributed by atoms with Crippen molar-refractivity contribution in [3.63, 3.8) is 0 Å². The number of hydrogen-bond acceptors (Lipinski definition) is 9. The Balaban J connectivity index is 2.58. The number of sulfonamides is 1. The first kappa shape index (κ1) is 26.8. The standard InChI is InChI=1S/C18H27N5O8S/c1-12(2)7-8-19-18(26)21-16(24)11-31-17(25)10-20-32(29,30)13-5-6-14(22(3)4)15(9-13)23(27)28/h5-6,9,12,20H,7-8,10-11H2,1-4H3,(H2,19,21,24,26). The largest absolute Gasteiger partial charge is 0.455 e. The number of nitro benzene ring substituents is 1. The van der Waals surface area contributed by atoms with Gasteiger partial charge in [0, 0.05) is 26.7 Å². The van der Waals surface area contributed by atoms with Gasteiger partial charge in [-0.05, 0) is 24.5 Å². The summed E-state index contributed by atoms with van der Waals surface area (Å²) in [7, 11) is -1.14. The van der Waals surface area contributed by atoms with Crippen LogP contribution < -0.4 is 20.3 Å². The third-order valence-corrected chi connectivity index (χ3v) is 5.37. The van der Waals surface area contributed by atoms with Gasteiger partial charge in [-0.15, -0.1) is 0 Å². The molecule has 3 amide bonds. The predicted molar refractivity (Wildman–Crippen MR) is 115 cm³/mol. The highest BCUT2D eigenvalue weighted by atomic mass is 32.2. The lowest BCUT2D eigenvalue weighted by molar-refractivity contribution is -0.384. The molecule has 178 valence electrons. The van der Waals surface area contributed by atoms with Crippen LogP contribution in [0.3, 0.4) is 0 Å². The Labute approximate surface area is 185 Å². The molecule has 13 nitrogen and oxygen atoms in total. The van der Waals surface area contributed by atoms with Gasteiger partial charge in [0.1, 0.15) is 12.2 Å². The number of nitrogens with one attached hydrogen (secondary N) is 3. The molecule has 3 N–H and O–H groups in total. The van der Waals surface area contributed by atoms with Crippen molar-refractivity contribution in [1.29, 1.82) is 0 Å². The van der Waals surface area contributed by atoms with Gasteiger partial charge in [0.15, 0.2) is 6.61 Å². The number of rotatable bonds is 11. The fourth-order valence-corrected chi connectivity index (χ4v) is 3.30. The molecule has 0 unspecified atom stereocenters. The normalized spacial score (nSPS) is 11.0. The van der Waals surface area contributed by atoms with Crippen LogP contribution in [0.1, 0.15) is 20.3 Å². The van der Waals surface area contributed by atoms with Crippen molar-refractivity contribution >= 4 is 39.3 Å². The zero-order chi connectivity index (χ0) is 24.5. The number of amides is 3. The van der Waals surface area contributed by atoms with Crippen molar-refractivity contribution in [2.45, 2.75) is 25.2 Å². The van der Waals surface area contributed by atoms with Crippen LogP contribution in [-0.2, 0) is 24.3 Å². The van der Waals surface area contributed by atoms with Crippen molar-refractivity contribution in [2.75, 3.05) is 38.7 Å². The van der Waals surface area contributed by atoms with E-state index in [-0.39, 0.29) is 5.69 Å². The minimum Gasteiger partial charge on any atom is -0.455 e. The molecule has 1 rings (SSSR count). The minimum atomic E-state index is -4.27. The van der Waals surface area contributed by atoms with Gasteiger partial charge in [-0.2, -0.15) is 4.72 Å². The molecular weight excluding hydrogens is 446 g/mol. The molecule has 14 heteroatoms. The van der Waals surface area contributed by atoms with Crippen LogP contribution >= 0.6 is 0 Å². The Morgan fingerprint density at radius 1 is 1.22 bits per heavy atom. The van der Waals surface area contributed by atoms with Crippen LogP contribution in [0.15, 0.2) is 23.1 Å². The average Bonchev–Trinajstić information content (AvgIpc) is 2.69. The summed E-state index contributed by atoms with van der Waals surface area (Å²) in [4.78, 5) is 46.4. The molecule has 0 saturated carbocycles. The highest BCUT2D eigenvalue weighted by Gasteiger charge is 2.23. The molecule has 0 bridgehead atoms. The summed E-state index contributed by atoms with van der Waals surface area (Å²) in [6.45, 7) is 2.70. The number of nitrogens with zero attached hydrogens (tertiary/aromatic N) is 2. The molecule has 0 aliphatic heterocycles.